The van der Waals surface area contributed by atoms with Gasteiger partial charge in [-0.25, -0.2) is 9.97 Å². The van der Waals surface area contributed by atoms with Gasteiger partial charge in [-0.3, -0.25) is 4.79 Å². The molecule has 0 atom stereocenters. The molecule has 1 aliphatic rings. The van der Waals surface area contributed by atoms with Gasteiger partial charge in [0.05, 0.1) is 31.9 Å². The Labute approximate surface area is 169 Å². The number of carbonyl (C=O) groups excluding carboxylic acids is 1. The summed E-state index contributed by atoms with van der Waals surface area (Å²) in [4.78, 5) is 23.6. The van der Waals surface area contributed by atoms with Crippen molar-refractivity contribution in [3.8, 4) is 11.4 Å². The number of ether oxygens (including phenoxy) is 2. The predicted molar refractivity (Wildman–Crippen MR) is 113 cm³/mol. The quantitative estimate of drug-likeness (QED) is 0.727. The smallest absolute Gasteiger partial charge is 0.226 e. The topological polar surface area (TPSA) is 76.6 Å². The maximum absolute atomic E-state index is 11.8. The average molecular weight is 403 g/mol. The molecular weight excluding hydrogens is 376 g/mol. The molecule has 1 aliphatic heterocycles. The van der Waals surface area contributed by atoms with Crippen LogP contribution in [0.4, 0.5) is 11.5 Å². The molecule has 150 valence electrons. The van der Waals surface area contributed by atoms with Crippen molar-refractivity contribution in [1.29, 1.82) is 0 Å². The zero-order chi connectivity index (χ0) is 19.8. The highest BCUT2D eigenvalue weighted by Gasteiger charge is 2.15. The first-order valence-corrected chi connectivity index (χ1v) is 10.7. The molecule has 2 aromatic rings. The summed E-state index contributed by atoms with van der Waals surface area (Å²) in [5, 5.41) is 2.86. The molecule has 0 unspecified atom stereocenters. The Hall–Kier alpha value is -2.16. The normalized spacial score (nSPS) is 14.1. The van der Waals surface area contributed by atoms with E-state index in [1.54, 1.807) is 18.9 Å². The molecule has 0 spiro atoms. The van der Waals surface area contributed by atoms with Crippen molar-refractivity contribution in [2.75, 3.05) is 56.5 Å². The fourth-order valence-corrected chi connectivity index (χ4v) is 3.35. The lowest BCUT2D eigenvalue weighted by atomic mass is 10.2. The summed E-state index contributed by atoms with van der Waals surface area (Å²) in [6, 6.07) is 9.69. The van der Waals surface area contributed by atoms with E-state index >= 15 is 0 Å². The van der Waals surface area contributed by atoms with Crippen LogP contribution in [0.1, 0.15) is 12.1 Å². The fraction of sp³-hybridized carbons (Fsp3) is 0.450. The first-order valence-electron chi connectivity index (χ1n) is 9.28. The highest BCUT2D eigenvalue weighted by Crippen LogP contribution is 2.24. The first kappa shape index (κ1) is 20.6. The number of hydrogen-bond acceptors (Lipinski definition) is 7. The second-order valence-electron chi connectivity index (χ2n) is 6.44. The van der Waals surface area contributed by atoms with Gasteiger partial charge < -0.3 is 19.7 Å². The second kappa shape index (κ2) is 10.4. The largest absolute Gasteiger partial charge is 0.384 e. The van der Waals surface area contributed by atoms with Gasteiger partial charge in [0, 0.05) is 43.3 Å². The lowest BCUT2D eigenvalue weighted by Gasteiger charge is -2.28. The molecule has 0 saturated carbocycles. The van der Waals surface area contributed by atoms with Crippen molar-refractivity contribution in [1.82, 2.24) is 9.97 Å². The van der Waals surface area contributed by atoms with Gasteiger partial charge in [0.15, 0.2) is 5.82 Å². The average Bonchev–Trinajstić information content (AvgIpc) is 2.73. The van der Waals surface area contributed by atoms with Gasteiger partial charge in [-0.15, -0.1) is 0 Å². The maximum Gasteiger partial charge on any atom is 0.226 e. The molecule has 7 nitrogen and oxygen atoms in total. The summed E-state index contributed by atoms with van der Waals surface area (Å²) in [5.41, 5.74) is 2.68. The molecule has 2 heterocycles. The minimum absolute atomic E-state index is 0.0672. The molecule has 1 amide bonds. The van der Waals surface area contributed by atoms with Crippen molar-refractivity contribution in [3.63, 3.8) is 0 Å². The van der Waals surface area contributed by atoms with Crippen molar-refractivity contribution < 1.29 is 14.3 Å². The van der Waals surface area contributed by atoms with Crippen LogP contribution in [-0.4, -0.2) is 62.2 Å². The van der Waals surface area contributed by atoms with E-state index in [4.69, 9.17) is 19.4 Å². The number of hydrogen-bond donors (Lipinski definition) is 1. The molecule has 8 heteroatoms. The van der Waals surface area contributed by atoms with E-state index in [9.17, 15) is 4.79 Å². The van der Waals surface area contributed by atoms with E-state index in [0.29, 0.717) is 32.1 Å². The summed E-state index contributed by atoms with van der Waals surface area (Å²) in [7, 11) is 1.58. The number of carbonyl (C=O) groups is 1. The summed E-state index contributed by atoms with van der Waals surface area (Å²) in [6.07, 6.45) is 2.40. The zero-order valence-electron chi connectivity index (χ0n) is 16.3. The van der Waals surface area contributed by atoms with Crippen molar-refractivity contribution in [3.05, 3.63) is 36.0 Å². The number of aromatic nitrogens is 2. The monoisotopic (exact) mass is 402 g/mol. The van der Waals surface area contributed by atoms with Crippen LogP contribution in [0.15, 0.2) is 30.3 Å². The van der Waals surface area contributed by atoms with Gasteiger partial charge in [0.1, 0.15) is 5.82 Å². The van der Waals surface area contributed by atoms with Crippen LogP contribution in [0.5, 0.6) is 0 Å². The minimum atomic E-state index is -0.0672. The van der Waals surface area contributed by atoms with E-state index in [-0.39, 0.29) is 5.91 Å². The molecule has 0 aliphatic carbocycles. The van der Waals surface area contributed by atoms with Crippen molar-refractivity contribution in [2.45, 2.75) is 12.2 Å². The van der Waals surface area contributed by atoms with E-state index in [1.807, 2.05) is 24.3 Å². The van der Waals surface area contributed by atoms with Crippen LogP contribution in [0, 0.1) is 0 Å². The summed E-state index contributed by atoms with van der Waals surface area (Å²) in [6.45, 7) is 3.51. The molecule has 1 aromatic heterocycles. The van der Waals surface area contributed by atoms with Crippen molar-refractivity contribution in [2.24, 2.45) is 0 Å². The van der Waals surface area contributed by atoms with Crippen LogP contribution in [0.3, 0.4) is 0 Å². The number of thioether (sulfide) groups is 1. The summed E-state index contributed by atoms with van der Waals surface area (Å²) in [5.74, 6) is 2.41. The van der Waals surface area contributed by atoms with Crippen LogP contribution in [0.2, 0.25) is 0 Å². The minimum Gasteiger partial charge on any atom is -0.384 e. The highest BCUT2D eigenvalue weighted by molar-refractivity contribution is 7.97. The molecule has 1 saturated heterocycles. The third kappa shape index (κ3) is 5.67. The lowest BCUT2D eigenvalue weighted by Crippen LogP contribution is -2.37. The Kier molecular flexibility index (Phi) is 7.64. The number of nitrogens with one attached hydrogen (secondary N) is 1. The predicted octanol–water partition coefficient (Wildman–Crippen LogP) is 2.82. The van der Waals surface area contributed by atoms with E-state index in [0.717, 1.165) is 41.6 Å². The van der Waals surface area contributed by atoms with Crippen LogP contribution >= 0.6 is 11.8 Å². The fourth-order valence-electron chi connectivity index (χ4n) is 2.91. The number of rotatable bonds is 8. The number of nitrogens with zero attached hydrogens (tertiary/aromatic N) is 3. The number of anilines is 2. The first-order chi connectivity index (χ1) is 13.7. The molecule has 1 aromatic carbocycles. The molecule has 1 fully saturated rings. The van der Waals surface area contributed by atoms with Gasteiger partial charge in [-0.05, 0) is 30.5 Å². The van der Waals surface area contributed by atoms with E-state index < -0.39 is 0 Å². The molecule has 3 rings (SSSR count). The summed E-state index contributed by atoms with van der Waals surface area (Å²) < 4.78 is 10.4. The standard InChI is InChI=1S/C20H26N4O3S/c1-26-10-7-19(25)21-16-5-3-15(4-6-16)20-22-17(14-28-2)13-18(23-20)24-8-11-27-12-9-24/h3-6,13H,7-12,14H2,1-2H3,(H,21,25). The SMILES string of the molecule is COCCC(=O)Nc1ccc(-c2nc(CSC)cc(N3CCOCC3)n2)cc1. The van der Waals surface area contributed by atoms with E-state index in [2.05, 4.69) is 22.5 Å². The Balaban J connectivity index is 1.79. The highest BCUT2D eigenvalue weighted by atomic mass is 32.2. The van der Waals surface area contributed by atoms with Crippen molar-refractivity contribution >= 4 is 29.2 Å². The lowest BCUT2D eigenvalue weighted by molar-refractivity contribution is -0.117. The van der Waals surface area contributed by atoms with Gasteiger partial charge >= 0.3 is 0 Å². The Morgan fingerprint density at radius 3 is 2.68 bits per heavy atom. The molecular formula is C20H26N4O3S. The van der Waals surface area contributed by atoms with Crippen LogP contribution in [-0.2, 0) is 20.0 Å². The van der Waals surface area contributed by atoms with Gasteiger partial charge in [0.25, 0.3) is 0 Å². The number of methoxy groups -OCH3 is 1. The van der Waals surface area contributed by atoms with Crippen LogP contribution < -0.4 is 10.2 Å². The molecule has 0 radical (unpaired) electrons. The Morgan fingerprint density at radius 1 is 1.25 bits per heavy atom. The van der Waals surface area contributed by atoms with Gasteiger partial charge in [-0.2, -0.15) is 11.8 Å². The summed E-state index contributed by atoms with van der Waals surface area (Å²) >= 11 is 1.74. The maximum atomic E-state index is 11.8. The molecule has 0 bridgehead atoms. The third-order valence-electron chi connectivity index (χ3n) is 4.35. The zero-order valence-corrected chi connectivity index (χ0v) is 17.1. The van der Waals surface area contributed by atoms with Crippen LogP contribution in [0.25, 0.3) is 11.4 Å². The van der Waals surface area contributed by atoms with E-state index in [1.165, 1.54) is 0 Å². The Morgan fingerprint density at radius 2 is 2.00 bits per heavy atom. The Bertz CT molecular complexity index is 780. The van der Waals surface area contributed by atoms with Gasteiger partial charge in [0.2, 0.25) is 5.91 Å². The molecule has 1 N–H and O–H groups in total. The second-order valence-corrected chi connectivity index (χ2v) is 7.31. The number of morpholine rings is 1. The third-order valence-corrected chi connectivity index (χ3v) is 4.94. The van der Waals surface area contributed by atoms with Gasteiger partial charge in [-0.1, -0.05) is 0 Å². The number of benzene rings is 1. The number of amides is 1. The molecule has 28 heavy (non-hydrogen) atoms.